The fourth-order valence-electron chi connectivity index (χ4n) is 3.15. The first-order valence-electron chi connectivity index (χ1n) is 8.24. The number of nitrogens with zero attached hydrogens (tertiary/aromatic N) is 2. The van der Waals surface area contributed by atoms with Gasteiger partial charge in [0.1, 0.15) is 5.82 Å². The van der Waals surface area contributed by atoms with Gasteiger partial charge < -0.3 is 10.2 Å². The van der Waals surface area contributed by atoms with Crippen LogP contribution in [0.25, 0.3) is 0 Å². The maximum Gasteiger partial charge on any atom is 0.147 e. The van der Waals surface area contributed by atoms with Crippen LogP contribution in [0.3, 0.4) is 0 Å². The molecule has 1 N–H and O–H groups in total. The zero-order valence-electron chi connectivity index (χ0n) is 13.6. The van der Waals surface area contributed by atoms with E-state index in [1.807, 2.05) is 6.20 Å². The van der Waals surface area contributed by atoms with Crippen LogP contribution in [0.2, 0.25) is 5.02 Å². The van der Waals surface area contributed by atoms with Gasteiger partial charge in [-0.3, -0.25) is 0 Å². The van der Waals surface area contributed by atoms with Gasteiger partial charge in [0.2, 0.25) is 0 Å². The van der Waals surface area contributed by atoms with Crippen LogP contribution in [-0.2, 0) is 6.54 Å². The van der Waals surface area contributed by atoms with Gasteiger partial charge in [0.25, 0.3) is 0 Å². The van der Waals surface area contributed by atoms with Crippen LogP contribution in [-0.4, -0.2) is 24.6 Å². The second-order valence-electron chi connectivity index (χ2n) is 6.20. The number of nitrogens with one attached hydrogen (secondary N) is 1. The molecule has 0 unspecified atom stereocenters. The number of halogens is 1. The summed E-state index contributed by atoms with van der Waals surface area (Å²) in [5.74, 6) is 0.958. The first kappa shape index (κ1) is 16.6. The normalized spacial score (nSPS) is 17.4. The lowest BCUT2D eigenvalue weighted by Gasteiger charge is -2.27. The van der Waals surface area contributed by atoms with Crippen LogP contribution in [0.1, 0.15) is 52.0 Å². The van der Waals surface area contributed by atoms with Crippen molar-refractivity contribution in [3.05, 3.63) is 22.8 Å². The number of anilines is 1. The standard InChI is InChI=1S/C17H28ClN3/c1-4-8-19-11-14-10-15(18)16(20-12-14)21-9-7-17(5-2,6-3)13-21/h10,12,19H,4-9,11,13H2,1-3H3. The molecular weight excluding hydrogens is 282 g/mol. The second-order valence-corrected chi connectivity index (χ2v) is 6.61. The summed E-state index contributed by atoms with van der Waals surface area (Å²) < 4.78 is 0. The highest BCUT2D eigenvalue weighted by molar-refractivity contribution is 6.33. The number of hydrogen-bond donors (Lipinski definition) is 1. The van der Waals surface area contributed by atoms with Crippen molar-refractivity contribution in [1.29, 1.82) is 0 Å². The third-order valence-corrected chi connectivity index (χ3v) is 5.15. The van der Waals surface area contributed by atoms with Crippen LogP contribution in [0, 0.1) is 5.41 Å². The van der Waals surface area contributed by atoms with E-state index in [1.165, 1.54) is 19.3 Å². The fourth-order valence-corrected chi connectivity index (χ4v) is 3.46. The molecule has 1 aromatic heterocycles. The molecule has 0 amide bonds. The summed E-state index contributed by atoms with van der Waals surface area (Å²) in [4.78, 5) is 6.99. The predicted molar refractivity (Wildman–Crippen MR) is 91.1 cm³/mol. The van der Waals surface area contributed by atoms with Crippen molar-refractivity contribution >= 4 is 17.4 Å². The Bertz CT molecular complexity index is 457. The smallest absolute Gasteiger partial charge is 0.147 e. The third kappa shape index (κ3) is 3.89. The summed E-state index contributed by atoms with van der Waals surface area (Å²) in [6.07, 6.45) is 6.82. The van der Waals surface area contributed by atoms with Crippen LogP contribution >= 0.6 is 11.6 Å². The van der Waals surface area contributed by atoms with E-state index >= 15 is 0 Å². The number of hydrogen-bond acceptors (Lipinski definition) is 3. The second kappa shape index (κ2) is 7.46. The van der Waals surface area contributed by atoms with Gasteiger partial charge in [-0.2, -0.15) is 0 Å². The fraction of sp³-hybridized carbons (Fsp3) is 0.706. The van der Waals surface area contributed by atoms with E-state index in [1.54, 1.807) is 0 Å². The Hall–Kier alpha value is -0.800. The molecule has 1 saturated heterocycles. The maximum atomic E-state index is 6.47. The minimum Gasteiger partial charge on any atom is -0.355 e. The molecule has 0 atom stereocenters. The maximum absolute atomic E-state index is 6.47. The van der Waals surface area contributed by atoms with Crippen molar-refractivity contribution < 1.29 is 0 Å². The molecule has 4 heteroatoms. The van der Waals surface area contributed by atoms with Crippen molar-refractivity contribution in [2.45, 2.75) is 53.0 Å². The molecule has 0 bridgehead atoms. The van der Waals surface area contributed by atoms with Gasteiger partial charge >= 0.3 is 0 Å². The van der Waals surface area contributed by atoms with E-state index in [2.05, 4.69) is 42.0 Å². The molecule has 1 aliphatic rings. The molecule has 1 fully saturated rings. The van der Waals surface area contributed by atoms with Gasteiger partial charge in [0, 0.05) is 25.8 Å². The zero-order valence-corrected chi connectivity index (χ0v) is 14.3. The van der Waals surface area contributed by atoms with Gasteiger partial charge in [-0.05, 0) is 49.3 Å². The van der Waals surface area contributed by atoms with Gasteiger partial charge in [0.05, 0.1) is 5.02 Å². The summed E-state index contributed by atoms with van der Waals surface area (Å²) in [5, 5.41) is 4.17. The van der Waals surface area contributed by atoms with Crippen LogP contribution < -0.4 is 10.2 Å². The minimum atomic E-state index is 0.451. The minimum absolute atomic E-state index is 0.451. The van der Waals surface area contributed by atoms with E-state index in [9.17, 15) is 0 Å². The molecule has 0 radical (unpaired) electrons. The van der Waals surface area contributed by atoms with Gasteiger partial charge in [-0.15, -0.1) is 0 Å². The van der Waals surface area contributed by atoms with Crippen molar-refractivity contribution in [3.63, 3.8) is 0 Å². The summed E-state index contributed by atoms with van der Waals surface area (Å²) in [5.41, 5.74) is 1.61. The Morgan fingerprint density at radius 3 is 2.67 bits per heavy atom. The average Bonchev–Trinajstić information content (AvgIpc) is 2.93. The quantitative estimate of drug-likeness (QED) is 0.763. The van der Waals surface area contributed by atoms with E-state index in [4.69, 9.17) is 11.6 Å². The first-order chi connectivity index (χ1) is 10.1. The molecule has 2 heterocycles. The van der Waals surface area contributed by atoms with Gasteiger partial charge in [0.15, 0.2) is 0 Å². The molecule has 2 rings (SSSR count). The molecular formula is C17H28ClN3. The van der Waals surface area contributed by atoms with Crippen LogP contribution in [0.15, 0.2) is 12.3 Å². The van der Waals surface area contributed by atoms with E-state index in [0.29, 0.717) is 5.41 Å². The molecule has 1 aliphatic heterocycles. The van der Waals surface area contributed by atoms with E-state index in [0.717, 1.165) is 49.0 Å². The molecule has 0 saturated carbocycles. The topological polar surface area (TPSA) is 28.2 Å². The molecule has 118 valence electrons. The Kier molecular flexibility index (Phi) is 5.88. The summed E-state index contributed by atoms with van der Waals surface area (Å²) in [6, 6.07) is 2.06. The SMILES string of the molecule is CCCNCc1cnc(N2CCC(CC)(CC)C2)c(Cl)c1. The lowest BCUT2D eigenvalue weighted by atomic mass is 9.82. The lowest BCUT2D eigenvalue weighted by Crippen LogP contribution is -2.27. The Balaban J connectivity index is 2.04. The molecule has 0 aromatic carbocycles. The summed E-state index contributed by atoms with van der Waals surface area (Å²) >= 11 is 6.47. The first-order valence-corrected chi connectivity index (χ1v) is 8.62. The van der Waals surface area contributed by atoms with Crippen molar-refractivity contribution in [2.75, 3.05) is 24.5 Å². The highest BCUT2D eigenvalue weighted by Gasteiger charge is 2.36. The van der Waals surface area contributed by atoms with Crippen LogP contribution in [0.4, 0.5) is 5.82 Å². The van der Waals surface area contributed by atoms with E-state index < -0.39 is 0 Å². The average molecular weight is 310 g/mol. The zero-order chi connectivity index (χ0) is 15.3. The molecule has 1 aromatic rings. The van der Waals surface area contributed by atoms with Crippen molar-refractivity contribution in [3.8, 4) is 0 Å². The highest BCUT2D eigenvalue weighted by atomic mass is 35.5. The molecule has 0 spiro atoms. The predicted octanol–water partition coefficient (Wildman–Crippen LogP) is 4.25. The largest absolute Gasteiger partial charge is 0.355 e. The summed E-state index contributed by atoms with van der Waals surface area (Å²) in [7, 11) is 0. The van der Waals surface area contributed by atoms with Crippen molar-refractivity contribution in [1.82, 2.24) is 10.3 Å². The number of aromatic nitrogens is 1. The molecule has 21 heavy (non-hydrogen) atoms. The Morgan fingerprint density at radius 2 is 2.10 bits per heavy atom. The third-order valence-electron chi connectivity index (χ3n) is 4.87. The van der Waals surface area contributed by atoms with Crippen LogP contribution in [0.5, 0.6) is 0 Å². The molecule has 0 aliphatic carbocycles. The summed E-state index contributed by atoms with van der Waals surface area (Å²) in [6.45, 7) is 10.8. The van der Waals surface area contributed by atoms with Crippen molar-refractivity contribution in [2.24, 2.45) is 5.41 Å². The highest BCUT2D eigenvalue weighted by Crippen LogP contribution is 2.40. The number of pyridine rings is 1. The monoisotopic (exact) mass is 309 g/mol. The number of rotatable bonds is 7. The Labute approximate surface area is 134 Å². The van der Waals surface area contributed by atoms with Gasteiger partial charge in [-0.1, -0.05) is 32.4 Å². The lowest BCUT2D eigenvalue weighted by molar-refractivity contribution is 0.301. The molecule has 3 nitrogen and oxygen atoms in total. The van der Waals surface area contributed by atoms with Gasteiger partial charge in [-0.25, -0.2) is 4.98 Å². The Morgan fingerprint density at radius 1 is 1.33 bits per heavy atom. The van der Waals surface area contributed by atoms with E-state index in [-0.39, 0.29) is 0 Å².